The van der Waals surface area contributed by atoms with Crippen molar-refractivity contribution >= 4 is 11.3 Å². The van der Waals surface area contributed by atoms with E-state index in [0.29, 0.717) is 0 Å². The summed E-state index contributed by atoms with van der Waals surface area (Å²) in [6.45, 7) is 5.85. The number of hydrogen-bond donors (Lipinski definition) is 1. The molecule has 3 unspecified atom stereocenters. The van der Waals surface area contributed by atoms with Gasteiger partial charge in [0.2, 0.25) is 0 Å². The van der Waals surface area contributed by atoms with Gasteiger partial charge in [0.15, 0.2) is 0 Å². The molecule has 1 aliphatic carbocycles. The molecule has 0 aliphatic heterocycles. The Balaban J connectivity index is 1.83. The predicted octanol–water partition coefficient (Wildman–Crippen LogP) is 3.66. The Morgan fingerprint density at radius 1 is 1.40 bits per heavy atom. The van der Waals surface area contributed by atoms with Gasteiger partial charge in [0, 0.05) is 17.5 Å². The van der Waals surface area contributed by atoms with Gasteiger partial charge in [0.25, 0.3) is 0 Å². The van der Waals surface area contributed by atoms with E-state index in [9.17, 15) is 0 Å². The Labute approximate surface area is 96.9 Å². The highest BCUT2D eigenvalue weighted by molar-refractivity contribution is 7.09. The Morgan fingerprint density at radius 2 is 2.27 bits per heavy atom. The Kier molecular flexibility index (Phi) is 3.81. The average molecular weight is 223 g/mol. The molecule has 1 nitrogen and oxygen atoms in total. The van der Waals surface area contributed by atoms with Crippen molar-refractivity contribution in [3.8, 4) is 0 Å². The van der Waals surface area contributed by atoms with Crippen LogP contribution in [0.15, 0.2) is 17.5 Å². The molecule has 1 aliphatic rings. The molecule has 1 aromatic heterocycles. The maximum atomic E-state index is 3.71. The molecule has 1 heterocycles. The van der Waals surface area contributed by atoms with E-state index in [-0.39, 0.29) is 0 Å². The number of rotatable bonds is 3. The van der Waals surface area contributed by atoms with Gasteiger partial charge in [-0.3, -0.25) is 0 Å². The molecular weight excluding hydrogens is 202 g/mol. The summed E-state index contributed by atoms with van der Waals surface area (Å²) < 4.78 is 0. The van der Waals surface area contributed by atoms with Crippen LogP contribution >= 0.6 is 11.3 Å². The third-order valence-electron chi connectivity index (χ3n) is 3.83. The van der Waals surface area contributed by atoms with Crippen molar-refractivity contribution in [2.45, 2.75) is 45.7 Å². The predicted molar refractivity (Wildman–Crippen MR) is 67.1 cm³/mol. The molecular formula is C13H21NS. The Morgan fingerprint density at radius 3 is 3.00 bits per heavy atom. The summed E-state index contributed by atoms with van der Waals surface area (Å²) in [7, 11) is 0. The first-order valence-corrected chi connectivity index (χ1v) is 6.91. The molecule has 0 saturated heterocycles. The van der Waals surface area contributed by atoms with Crippen molar-refractivity contribution < 1.29 is 0 Å². The first kappa shape index (κ1) is 11.2. The van der Waals surface area contributed by atoms with E-state index in [1.165, 1.54) is 24.1 Å². The van der Waals surface area contributed by atoms with Gasteiger partial charge in [-0.2, -0.15) is 0 Å². The van der Waals surface area contributed by atoms with Crippen LogP contribution in [0.1, 0.15) is 38.0 Å². The lowest BCUT2D eigenvalue weighted by atomic mass is 9.78. The van der Waals surface area contributed by atoms with Crippen LogP contribution < -0.4 is 5.32 Å². The smallest absolute Gasteiger partial charge is 0.0302 e. The second-order valence-corrected chi connectivity index (χ2v) is 5.87. The van der Waals surface area contributed by atoms with Crippen LogP contribution in [0.3, 0.4) is 0 Å². The molecule has 0 amide bonds. The van der Waals surface area contributed by atoms with E-state index in [1.54, 1.807) is 0 Å². The zero-order chi connectivity index (χ0) is 10.7. The summed E-state index contributed by atoms with van der Waals surface area (Å²) in [5.74, 6) is 1.72. The van der Waals surface area contributed by atoms with Gasteiger partial charge in [-0.05, 0) is 29.7 Å². The Hall–Kier alpha value is -0.340. The minimum absolute atomic E-state index is 0.732. The lowest BCUT2D eigenvalue weighted by Crippen LogP contribution is -2.40. The van der Waals surface area contributed by atoms with Gasteiger partial charge in [-0.1, -0.05) is 32.8 Å². The number of hydrogen-bond acceptors (Lipinski definition) is 2. The van der Waals surface area contributed by atoms with Crippen LogP contribution in [0.2, 0.25) is 0 Å². The summed E-state index contributed by atoms with van der Waals surface area (Å²) >= 11 is 1.85. The Bertz CT molecular complexity index is 281. The third kappa shape index (κ3) is 2.82. The summed E-state index contributed by atoms with van der Waals surface area (Å²) in [6, 6.07) is 5.08. The lowest BCUT2D eigenvalue weighted by molar-refractivity contribution is 0.206. The fourth-order valence-corrected chi connectivity index (χ4v) is 3.17. The highest BCUT2D eigenvalue weighted by Crippen LogP contribution is 2.29. The van der Waals surface area contributed by atoms with Gasteiger partial charge in [-0.25, -0.2) is 0 Å². The van der Waals surface area contributed by atoms with Gasteiger partial charge in [0.1, 0.15) is 0 Å². The molecule has 1 aromatic rings. The summed E-state index contributed by atoms with van der Waals surface area (Å²) in [5, 5.41) is 5.87. The topological polar surface area (TPSA) is 12.0 Å². The zero-order valence-electron chi connectivity index (χ0n) is 9.70. The van der Waals surface area contributed by atoms with Gasteiger partial charge >= 0.3 is 0 Å². The van der Waals surface area contributed by atoms with E-state index in [2.05, 4.69) is 36.7 Å². The van der Waals surface area contributed by atoms with Crippen molar-refractivity contribution in [2.24, 2.45) is 11.8 Å². The van der Waals surface area contributed by atoms with E-state index in [1.807, 2.05) is 11.3 Å². The van der Waals surface area contributed by atoms with Crippen LogP contribution in [0.5, 0.6) is 0 Å². The highest BCUT2D eigenvalue weighted by atomic mass is 32.1. The van der Waals surface area contributed by atoms with Crippen LogP contribution in [0.4, 0.5) is 0 Å². The fourth-order valence-electron chi connectivity index (χ4n) is 2.51. The quantitative estimate of drug-likeness (QED) is 0.824. The van der Waals surface area contributed by atoms with Crippen molar-refractivity contribution in [1.29, 1.82) is 0 Å². The number of nitrogens with one attached hydrogen (secondary N) is 1. The maximum Gasteiger partial charge on any atom is 0.0302 e. The second kappa shape index (κ2) is 5.13. The minimum Gasteiger partial charge on any atom is -0.309 e. The molecule has 84 valence electrons. The third-order valence-corrected chi connectivity index (χ3v) is 4.70. The second-order valence-electron chi connectivity index (χ2n) is 4.83. The fraction of sp³-hybridized carbons (Fsp3) is 0.692. The van der Waals surface area contributed by atoms with Crippen molar-refractivity contribution in [3.63, 3.8) is 0 Å². The normalized spacial score (nSPS) is 31.7. The highest BCUT2D eigenvalue weighted by Gasteiger charge is 2.26. The molecule has 15 heavy (non-hydrogen) atoms. The molecule has 1 fully saturated rings. The van der Waals surface area contributed by atoms with Gasteiger partial charge < -0.3 is 5.32 Å². The van der Waals surface area contributed by atoms with E-state index < -0.39 is 0 Å². The van der Waals surface area contributed by atoms with E-state index in [0.717, 1.165) is 24.4 Å². The molecule has 0 bridgehead atoms. The summed E-state index contributed by atoms with van der Waals surface area (Å²) in [4.78, 5) is 1.46. The summed E-state index contributed by atoms with van der Waals surface area (Å²) in [6.07, 6.45) is 4.17. The molecule has 1 saturated carbocycles. The van der Waals surface area contributed by atoms with E-state index in [4.69, 9.17) is 0 Å². The monoisotopic (exact) mass is 223 g/mol. The minimum atomic E-state index is 0.732. The van der Waals surface area contributed by atoms with Gasteiger partial charge in [0.05, 0.1) is 0 Å². The van der Waals surface area contributed by atoms with Crippen molar-refractivity contribution in [3.05, 3.63) is 22.4 Å². The molecule has 2 rings (SSSR count). The van der Waals surface area contributed by atoms with Crippen LogP contribution in [-0.2, 0) is 6.54 Å². The van der Waals surface area contributed by atoms with Crippen molar-refractivity contribution in [1.82, 2.24) is 5.32 Å². The standard InChI is InChI=1S/C13H21NS/c1-10-5-3-7-13(11(10)2)14-9-12-6-4-8-15-12/h4,6,8,10-11,13-14H,3,5,7,9H2,1-2H3. The molecule has 1 N–H and O–H groups in total. The molecule has 0 aromatic carbocycles. The van der Waals surface area contributed by atoms with Crippen LogP contribution in [0, 0.1) is 11.8 Å². The zero-order valence-corrected chi connectivity index (χ0v) is 10.5. The first-order valence-electron chi connectivity index (χ1n) is 6.03. The molecule has 0 spiro atoms. The van der Waals surface area contributed by atoms with E-state index >= 15 is 0 Å². The summed E-state index contributed by atoms with van der Waals surface area (Å²) in [5.41, 5.74) is 0. The van der Waals surface area contributed by atoms with Crippen LogP contribution in [-0.4, -0.2) is 6.04 Å². The van der Waals surface area contributed by atoms with Gasteiger partial charge in [-0.15, -0.1) is 11.3 Å². The molecule has 0 radical (unpaired) electrons. The average Bonchev–Trinajstić information content (AvgIpc) is 2.73. The first-order chi connectivity index (χ1) is 7.27. The largest absolute Gasteiger partial charge is 0.309 e. The molecule has 2 heteroatoms. The lowest BCUT2D eigenvalue weighted by Gasteiger charge is -2.34. The van der Waals surface area contributed by atoms with Crippen molar-refractivity contribution in [2.75, 3.05) is 0 Å². The molecule has 3 atom stereocenters. The van der Waals surface area contributed by atoms with Crippen LogP contribution in [0.25, 0.3) is 0 Å². The maximum absolute atomic E-state index is 3.71. The number of thiophene rings is 1. The SMILES string of the molecule is CC1CCCC(NCc2cccs2)C1C.